The second-order valence-corrected chi connectivity index (χ2v) is 22.7. The minimum absolute atomic E-state index is 0.0927. The predicted molar refractivity (Wildman–Crippen MR) is 280 cm³/mol. The van der Waals surface area contributed by atoms with Crippen LogP contribution in [0.3, 0.4) is 0 Å². The summed E-state index contributed by atoms with van der Waals surface area (Å²) in [4.78, 5) is 56.2. The van der Waals surface area contributed by atoms with E-state index in [2.05, 4.69) is 78.7 Å². The quantitative estimate of drug-likeness (QED) is 0.0730. The maximum Gasteiger partial charge on any atom is 0.253 e. The van der Waals surface area contributed by atoms with Crippen LogP contribution in [-0.2, 0) is 27.8 Å². The zero-order valence-corrected chi connectivity index (χ0v) is 44.2. The van der Waals surface area contributed by atoms with Gasteiger partial charge in [-0.15, -0.1) is 22.7 Å². The zero-order chi connectivity index (χ0) is 50.8. The SMILES string of the molecule is Cc1ncsc1-c1ccc2c(c1)CCCC[C@H]2NC(=O)[C@@H]1CCCN1C(=O)[C@H](C(C)C)n1cc(OCCCCN2CCCN(c3nccc(-c4noc([C@@]5(C)CCCc6sc(N)c(C#N)c65)n4)n3)[C@@H](C)C2)nn1. The Morgan fingerprint density at radius 2 is 1.93 bits per heavy atom. The number of thiophene rings is 1. The number of unbranched alkanes of at least 4 members (excludes halogenated alkanes) is 1. The van der Waals surface area contributed by atoms with Gasteiger partial charge >= 0.3 is 0 Å². The van der Waals surface area contributed by atoms with Crippen molar-refractivity contribution in [3.05, 3.63) is 80.9 Å². The summed E-state index contributed by atoms with van der Waals surface area (Å²) >= 11 is 3.14. The van der Waals surface area contributed by atoms with E-state index in [1.54, 1.807) is 39.4 Å². The molecule has 0 unspecified atom stereocenters. The molecular weight excluding hydrogens is 961 g/mol. The number of thiazole rings is 1. The molecule has 7 heterocycles. The van der Waals surface area contributed by atoms with Gasteiger partial charge in [0.25, 0.3) is 5.88 Å². The normalized spacial score (nSPS) is 21.8. The number of aryl methyl sites for hydroxylation is 3. The lowest BCUT2D eigenvalue weighted by Crippen LogP contribution is -2.49. The lowest BCUT2D eigenvalue weighted by molar-refractivity contribution is -0.142. The van der Waals surface area contributed by atoms with E-state index in [0.717, 1.165) is 113 Å². The van der Waals surface area contributed by atoms with Gasteiger partial charge in [-0.05, 0) is 139 Å². The van der Waals surface area contributed by atoms with Gasteiger partial charge in [0.2, 0.25) is 29.5 Å². The Hall–Kier alpha value is -6.30. The molecule has 18 nitrogen and oxygen atoms in total. The average molecular weight is 1030 g/mol. The third-order valence-corrected chi connectivity index (χ3v) is 17.4. The minimum Gasteiger partial charge on any atom is -0.475 e. The number of hydrogen-bond donors (Lipinski definition) is 2. The molecule has 0 bridgehead atoms. The molecule has 2 amide bonds. The molecule has 2 aliphatic carbocycles. The summed E-state index contributed by atoms with van der Waals surface area (Å²) in [6.07, 6.45) is 14.1. The maximum absolute atomic E-state index is 14.4. The van der Waals surface area contributed by atoms with Crippen LogP contribution >= 0.6 is 22.7 Å². The summed E-state index contributed by atoms with van der Waals surface area (Å²) in [6, 6.07) is 9.62. The van der Waals surface area contributed by atoms with E-state index in [1.807, 2.05) is 26.3 Å². The Morgan fingerprint density at radius 1 is 1.05 bits per heavy atom. The Bertz CT molecular complexity index is 2970. The number of nitrogen functional groups attached to an aromatic ring is 1. The topological polar surface area (TPSA) is 223 Å². The molecule has 2 fully saturated rings. The number of amides is 2. The summed E-state index contributed by atoms with van der Waals surface area (Å²) < 4.78 is 13.6. The number of ether oxygens (including phenoxy) is 1. The molecule has 2 saturated heterocycles. The van der Waals surface area contributed by atoms with E-state index < -0.39 is 17.5 Å². The Labute approximate surface area is 434 Å². The molecule has 4 aliphatic rings. The van der Waals surface area contributed by atoms with Crippen molar-refractivity contribution in [3.63, 3.8) is 0 Å². The van der Waals surface area contributed by atoms with Crippen LogP contribution < -0.4 is 20.7 Å². The highest BCUT2D eigenvalue weighted by Crippen LogP contribution is 2.48. The summed E-state index contributed by atoms with van der Waals surface area (Å²) in [6.45, 7) is 14.8. The number of nitrogens with two attached hydrogens (primary N) is 1. The van der Waals surface area contributed by atoms with Gasteiger partial charge in [-0.25, -0.2) is 19.6 Å². The monoisotopic (exact) mass is 1030 g/mol. The van der Waals surface area contributed by atoms with E-state index in [1.165, 1.54) is 32.9 Å². The fourth-order valence-electron chi connectivity index (χ4n) is 11.6. The number of rotatable bonds is 15. The second kappa shape index (κ2) is 21.7. The molecule has 10 rings (SSSR count). The number of benzene rings is 1. The fraction of sp³-hybridized carbons (Fsp3) is 0.547. The van der Waals surface area contributed by atoms with Crippen LogP contribution in [0.1, 0.15) is 143 Å². The number of carbonyl (C=O) groups is 2. The fourth-order valence-corrected chi connectivity index (χ4v) is 13.6. The second-order valence-electron chi connectivity index (χ2n) is 20.8. The number of fused-ring (bicyclic) bond motifs is 2. The molecule has 20 heteroatoms. The van der Waals surface area contributed by atoms with Crippen LogP contribution in [0.2, 0.25) is 0 Å². The summed E-state index contributed by atoms with van der Waals surface area (Å²) in [5.41, 5.74) is 14.2. The lowest BCUT2D eigenvalue weighted by atomic mass is 9.72. The van der Waals surface area contributed by atoms with E-state index >= 15 is 0 Å². The highest BCUT2D eigenvalue weighted by Gasteiger charge is 2.44. The van der Waals surface area contributed by atoms with Crippen LogP contribution in [0, 0.1) is 24.2 Å². The molecule has 6 aromatic rings. The molecule has 5 aromatic heterocycles. The molecular formula is C53H66N14O4S2. The Balaban J connectivity index is 0.702. The number of likely N-dealkylation sites (tertiary alicyclic amines) is 1. The third kappa shape index (κ3) is 10.3. The van der Waals surface area contributed by atoms with Gasteiger partial charge in [0.05, 0.1) is 45.9 Å². The predicted octanol–water partition coefficient (Wildman–Crippen LogP) is 8.24. The number of hydrogen-bond acceptors (Lipinski definition) is 17. The first-order valence-electron chi connectivity index (χ1n) is 26.1. The standard InChI is InChI=1S/C53H66N14O4S2/c1-32(2)45(50(69)66-24-11-15-41(66)49(68)58-39-14-7-6-13-35-27-36(17-18-37(35)39)46-34(4)57-31-72-46)67-30-43(61-63-67)70-26-9-8-22-64-23-12-25-65(33(3)29-64)52-56-21-19-40(59-52)48-60-51(71-62-48)53(5)20-10-16-42-44(53)38(28-54)47(55)73-42/h17-19,21,27,30-33,39,41,45H,6-16,20,22-26,29,55H2,1-5H3,(H,58,68)/t33-,39+,41-,45-,53-/m0/s1. The van der Waals surface area contributed by atoms with Crippen LogP contribution in [0.15, 0.2) is 46.7 Å². The van der Waals surface area contributed by atoms with Crippen molar-refractivity contribution in [1.29, 1.82) is 5.26 Å². The summed E-state index contributed by atoms with van der Waals surface area (Å²) in [5, 5.41) is 26.9. The van der Waals surface area contributed by atoms with Gasteiger partial charge in [-0.3, -0.25) is 9.59 Å². The van der Waals surface area contributed by atoms with E-state index in [4.69, 9.17) is 25.0 Å². The van der Waals surface area contributed by atoms with E-state index in [9.17, 15) is 14.9 Å². The van der Waals surface area contributed by atoms with Crippen molar-refractivity contribution >= 4 is 45.4 Å². The highest BCUT2D eigenvalue weighted by molar-refractivity contribution is 7.16. The molecule has 0 spiro atoms. The van der Waals surface area contributed by atoms with Crippen molar-refractivity contribution < 1.29 is 18.8 Å². The van der Waals surface area contributed by atoms with Crippen LogP contribution in [0.25, 0.3) is 22.0 Å². The molecule has 0 saturated carbocycles. The minimum atomic E-state index is -0.625. The number of aromatic nitrogens is 8. The van der Waals surface area contributed by atoms with Gasteiger partial charge < -0.3 is 35.0 Å². The van der Waals surface area contributed by atoms with Gasteiger partial charge in [0, 0.05) is 42.3 Å². The molecule has 3 N–H and O–H groups in total. The number of nitrogens with one attached hydrogen (secondary N) is 1. The highest BCUT2D eigenvalue weighted by atomic mass is 32.1. The van der Waals surface area contributed by atoms with Gasteiger partial charge in [0.15, 0.2) is 0 Å². The molecule has 0 radical (unpaired) electrons. The number of anilines is 2. The van der Waals surface area contributed by atoms with E-state index in [0.29, 0.717) is 59.4 Å². The van der Waals surface area contributed by atoms with Gasteiger partial charge in [0.1, 0.15) is 28.8 Å². The van der Waals surface area contributed by atoms with Crippen LogP contribution in [0.5, 0.6) is 5.88 Å². The third-order valence-electron chi connectivity index (χ3n) is 15.4. The largest absolute Gasteiger partial charge is 0.475 e. The molecule has 1 aromatic carbocycles. The van der Waals surface area contributed by atoms with Crippen molar-refractivity contribution in [2.45, 2.75) is 141 Å². The Kier molecular flexibility index (Phi) is 14.9. The maximum atomic E-state index is 14.4. The van der Waals surface area contributed by atoms with Crippen molar-refractivity contribution in [1.82, 2.24) is 55.2 Å². The number of nitrogens with zero attached hydrogens (tertiary/aromatic N) is 12. The molecule has 2 aliphatic heterocycles. The molecule has 73 heavy (non-hydrogen) atoms. The van der Waals surface area contributed by atoms with Crippen molar-refractivity contribution in [3.8, 4) is 33.9 Å². The lowest BCUT2D eigenvalue weighted by Gasteiger charge is -2.31. The van der Waals surface area contributed by atoms with Gasteiger partial charge in [-0.1, -0.05) is 47.9 Å². The first-order chi connectivity index (χ1) is 35.4. The first-order valence-corrected chi connectivity index (χ1v) is 27.8. The van der Waals surface area contributed by atoms with E-state index in [-0.39, 0.29) is 29.8 Å². The van der Waals surface area contributed by atoms with Crippen LogP contribution in [-0.4, -0.2) is 113 Å². The zero-order valence-electron chi connectivity index (χ0n) is 42.5. The van der Waals surface area contributed by atoms with Gasteiger partial charge in [-0.2, -0.15) is 10.2 Å². The van der Waals surface area contributed by atoms with Crippen LogP contribution in [0.4, 0.5) is 10.9 Å². The average Bonchev–Trinajstić information content (AvgIpc) is 4.24. The smallest absolute Gasteiger partial charge is 0.253 e. The number of nitriles is 1. The number of carbonyl (C=O) groups excluding carboxylic acids is 2. The summed E-state index contributed by atoms with van der Waals surface area (Å²) in [5.74, 6) is 1.56. The first kappa shape index (κ1) is 50.2. The summed E-state index contributed by atoms with van der Waals surface area (Å²) in [7, 11) is 0. The van der Waals surface area contributed by atoms with Crippen molar-refractivity contribution in [2.24, 2.45) is 5.92 Å². The molecule has 5 atom stereocenters. The Morgan fingerprint density at radius 3 is 2.75 bits per heavy atom. The molecule has 384 valence electrons. The van der Waals surface area contributed by atoms with Crippen molar-refractivity contribution in [2.75, 3.05) is 50.0 Å².